The van der Waals surface area contributed by atoms with Crippen LogP contribution in [-0.4, -0.2) is 0 Å². The van der Waals surface area contributed by atoms with Crippen molar-refractivity contribution in [3.8, 4) is 0 Å². The molecular formula is C15H16FN. The fourth-order valence-electron chi connectivity index (χ4n) is 2.96. The highest BCUT2D eigenvalue weighted by atomic mass is 19.1. The Bertz CT molecular complexity index is 576. The lowest BCUT2D eigenvalue weighted by molar-refractivity contribution is 0.512. The van der Waals surface area contributed by atoms with Crippen LogP contribution in [0.4, 0.5) is 4.39 Å². The molecule has 0 aromatic heterocycles. The number of fused-ring (bicyclic) bond motifs is 3. The summed E-state index contributed by atoms with van der Waals surface area (Å²) in [6, 6.07) is 9.32. The Morgan fingerprint density at radius 3 is 2.65 bits per heavy atom. The second kappa shape index (κ2) is 3.81. The normalized spacial score (nSPS) is 23.7. The summed E-state index contributed by atoms with van der Waals surface area (Å²) in [5.41, 5.74) is 8.35. The van der Waals surface area contributed by atoms with Crippen LogP contribution in [0.2, 0.25) is 0 Å². The Morgan fingerprint density at radius 1 is 1.18 bits per heavy atom. The highest BCUT2D eigenvalue weighted by Crippen LogP contribution is 2.41. The van der Waals surface area contributed by atoms with E-state index in [1.807, 2.05) is 24.3 Å². The van der Waals surface area contributed by atoms with Crippen LogP contribution in [0.1, 0.15) is 42.9 Å². The summed E-state index contributed by atoms with van der Waals surface area (Å²) in [6.45, 7) is 2.20. The molecule has 2 N–H and O–H groups in total. The SMILES string of the molecule is CC1CC[C@@H](N)c2cc(F)c3ccccc3c21. The third kappa shape index (κ3) is 1.55. The zero-order valence-electron chi connectivity index (χ0n) is 9.91. The molecule has 1 nitrogen and oxygen atoms in total. The molecule has 0 bridgehead atoms. The van der Waals surface area contributed by atoms with Crippen molar-refractivity contribution < 1.29 is 4.39 Å². The first-order chi connectivity index (χ1) is 8.18. The molecule has 0 radical (unpaired) electrons. The van der Waals surface area contributed by atoms with Crippen LogP contribution in [0.25, 0.3) is 10.8 Å². The highest BCUT2D eigenvalue weighted by Gasteiger charge is 2.25. The van der Waals surface area contributed by atoms with Gasteiger partial charge >= 0.3 is 0 Å². The molecule has 0 aliphatic heterocycles. The highest BCUT2D eigenvalue weighted by molar-refractivity contribution is 5.88. The Morgan fingerprint density at radius 2 is 1.88 bits per heavy atom. The number of hydrogen-bond acceptors (Lipinski definition) is 1. The third-order valence-corrected chi connectivity index (χ3v) is 3.87. The average Bonchev–Trinajstić information content (AvgIpc) is 2.34. The zero-order valence-corrected chi connectivity index (χ0v) is 9.91. The number of benzene rings is 2. The minimum atomic E-state index is -0.149. The zero-order chi connectivity index (χ0) is 12.0. The van der Waals surface area contributed by atoms with Crippen molar-refractivity contribution in [1.29, 1.82) is 0 Å². The summed E-state index contributed by atoms with van der Waals surface area (Å²) in [7, 11) is 0. The van der Waals surface area contributed by atoms with E-state index in [-0.39, 0.29) is 11.9 Å². The molecule has 0 amide bonds. The lowest BCUT2D eigenvalue weighted by atomic mass is 9.78. The van der Waals surface area contributed by atoms with Crippen molar-refractivity contribution >= 4 is 10.8 Å². The molecule has 1 aliphatic rings. The summed E-state index contributed by atoms with van der Waals surface area (Å²) < 4.78 is 14.0. The fourth-order valence-corrected chi connectivity index (χ4v) is 2.96. The fraction of sp³-hybridized carbons (Fsp3) is 0.333. The van der Waals surface area contributed by atoms with Crippen LogP contribution < -0.4 is 5.73 Å². The molecular weight excluding hydrogens is 213 g/mol. The Balaban J connectivity index is 2.41. The minimum absolute atomic E-state index is 0.0136. The van der Waals surface area contributed by atoms with Crippen LogP contribution in [0.15, 0.2) is 30.3 Å². The van der Waals surface area contributed by atoms with Crippen molar-refractivity contribution in [2.75, 3.05) is 0 Å². The first kappa shape index (κ1) is 10.7. The van der Waals surface area contributed by atoms with Gasteiger partial charge in [0.1, 0.15) is 5.82 Å². The van der Waals surface area contributed by atoms with Gasteiger partial charge in [0.25, 0.3) is 0 Å². The van der Waals surface area contributed by atoms with Gasteiger partial charge in [0.15, 0.2) is 0 Å². The van der Waals surface area contributed by atoms with E-state index >= 15 is 0 Å². The first-order valence-electron chi connectivity index (χ1n) is 6.15. The Hall–Kier alpha value is -1.41. The largest absolute Gasteiger partial charge is 0.324 e. The number of rotatable bonds is 0. The van der Waals surface area contributed by atoms with Crippen molar-refractivity contribution in [1.82, 2.24) is 0 Å². The second-order valence-corrected chi connectivity index (χ2v) is 4.99. The molecule has 0 fully saturated rings. The smallest absolute Gasteiger partial charge is 0.131 e. The van der Waals surface area contributed by atoms with Gasteiger partial charge in [-0.15, -0.1) is 0 Å². The quantitative estimate of drug-likeness (QED) is 0.729. The maximum Gasteiger partial charge on any atom is 0.131 e. The van der Waals surface area contributed by atoms with Gasteiger partial charge < -0.3 is 5.73 Å². The van der Waals surface area contributed by atoms with E-state index < -0.39 is 0 Å². The number of hydrogen-bond donors (Lipinski definition) is 1. The lowest BCUT2D eigenvalue weighted by Gasteiger charge is -2.29. The van der Waals surface area contributed by atoms with Gasteiger partial charge in [0, 0.05) is 11.4 Å². The summed E-state index contributed by atoms with van der Waals surface area (Å²) >= 11 is 0. The van der Waals surface area contributed by atoms with Crippen LogP contribution in [0, 0.1) is 5.82 Å². The molecule has 2 aromatic rings. The maximum absolute atomic E-state index is 14.0. The molecule has 0 spiro atoms. The number of halogens is 1. The van der Waals surface area contributed by atoms with Crippen LogP contribution in [0.5, 0.6) is 0 Å². The monoisotopic (exact) mass is 229 g/mol. The van der Waals surface area contributed by atoms with E-state index in [0.29, 0.717) is 11.3 Å². The van der Waals surface area contributed by atoms with E-state index in [2.05, 4.69) is 6.92 Å². The first-order valence-corrected chi connectivity index (χ1v) is 6.15. The molecule has 17 heavy (non-hydrogen) atoms. The number of nitrogens with two attached hydrogens (primary N) is 1. The molecule has 3 rings (SSSR count). The van der Waals surface area contributed by atoms with E-state index in [1.54, 1.807) is 6.07 Å². The van der Waals surface area contributed by atoms with Crippen molar-refractivity contribution in [2.45, 2.75) is 31.7 Å². The topological polar surface area (TPSA) is 26.0 Å². The summed E-state index contributed by atoms with van der Waals surface area (Å²) in [6.07, 6.45) is 2.04. The van der Waals surface area contributed by atoms with E-state index in [0.717, 1.165) is 23.8 Å². The van der Waals surface area contributed by atoms with E-state index in [1.165, 1.54) is 5.56 Å². The Labute approximate surface area is 100 Å². The van der Waals surface area contributed by atoms with Crippen molar-refractivity contribution in [2.24, 2.45) is 5.73 Å². The molecule has 0 saturated heterocycles. The van der Waals surface area contributed by atoms with Crippen LogP contribution in [-0.2, 0) is 0 Å². The third-order valence-electron chi connectivity index (χ3n) is 3.87. The molecule has 0 saturated carbocycles. The maximum atomic E-state index is 14.0. The second-order valence-electron chi connectivity index (χ2n) is 4.99. The molecule has 88 valence electrons. The van der Waals surface area contributed by atoms with E-state index in [9.17, 15) is 4.39 Å². The van der Waals surface area contributed by atoms with Gasteiger partial charge in [-0.25, -0.2) is 4.39 Å². The van der Waals surface area contributed by atoms with Gasteiger partial charge in [-0.05, 0) is 41.3 Å². The predicted octanol–water partition coefficient (Wildman–Crippen LogP) is 3.88. The Kier molecular flexibility index (Phi) is 2.40. The molecule has 1 unspecified atom stereocenters. The molecule has 2 heteroatoms. The molecule has 2 aromatic carbocycles. The summed E-state index contributed by atoms with van der Waals surface area (Å²) in [5, 5.41) is 1.75. The van der Waals surface area contributed by atoms with Crippen LogP contribution in [0.3, 0.4) is 0 Å². The van der Waals surface area contributed by atoms with Gasteiger partial charge in [-0.1, -0.05) is 31.2 Å². The lowest BCUT2D eigenvalue weighted by Crippen LogP contribution is -2.20. The average molecular weight is 229 g/mol. The van der Waals surface area contributed by atoms with Crippen LogP contribution >= 0.6 is 0 Å². The summed E-state index contributed by atoms with van der Waals surface area (Å²) in [4.78, 5) is 0. The van der Waals surface area contributed by atoms with Crippen molar-refractivity contribution in [3.05, 3.63) is 47.3 Å². The van der Waals surface area contributed by atoms with Gasteiger partial charge in [0.2, 0.25) is 0 Å². The van der Waals surface area contributed by atoms with Crippen molar-refractivity contribution in [3.63, 3.8) is 0 Å². The summed E-state index contributed by atoms with van der Waals surface area (Å²) in [5.74, 6) is 0.319. The van der Waals surface area contributed by atoms with Gasteiger partial charge in [0.05, 0.1) is 0 Å². The molecule has 0 heterocycles. The van der Waals surface area contributed by atoms with E-state index in [4.69, 9.17) is 5.73 Å². The predicted molar refractivity (Wildman–Crippen MR) is 68.5 cm³/mol. The molecule has 2 atom stereocenters. The minimum Gasteiger partial charge on any atom is -0.324 e. The van der Waals surface area contributed by atoms with Gasteiger partial charge in [-0.2, -0.15) is 0 Å². The van der Waals surface area contributed by atoms with Gasteiger partial charge in [-0.3, -0.25) is 0 Å². The standard InChI is InChI=1S/C15H16FN/c1-9-6-7-14(17)12-8-13(16)10-4-2-3-5-11(10)15(9)12/h2-5,8-9,14H,6-7,17H2,1H3/t9?,14-/m1/s1. The molecule has 1 aliphatic carbocycles.